The number of epoxide rings is 1. The van der Waals surface area contributed by atoms with Gasteiger partial charge in [-0.2, -0.15) is 0 Å². The molecule has 0 aliphatic carbocycles. The predicted octanol–water partition coefficient (Wildman–Crippen LogP) is 2.48. The maximum absolute atomic E-state index is 11.0. The Morgan fingerprint density at radius 3 is 2.54 bits per heavy atom. The van der Waals surface area contributed by atoms with Crippen LogP contribution >= 0.6 is 0 Å². The number of nitrogens with one attached hydrogen (secondary N) is 1. The highest BCUT2D eigenvalue weighted by Crippen LogP contribution is 2.46. The zero-order valence-corrected chi connectivity index (χ0v) is 16.2. The third kappa shape index (κ3) is 5.64. The van der Waals surface area contributed by atoms with E-state index in [0.29, 0.717) is 19.6 Å². The normalized spacial score (nSPS) is 37.1. The van der Waals surface area contributed by atoms with E-state index in [0.717, 1.165) is 25.0 Å². The van der Waals surface area contributed by atoms with Crippen molar-refractivity contribution in [3.63, 3.8) is 0 Å². The number of hydrogen-bond donors (Lipinski definition) is 1. The molecule has 0 bridgehead atoms. The molecule has 6 heteroatoms. The fourth-order valence-corrected chi connectivity index (χ4v) is 3.80. The Kier molecular flexibility index (Phi) is 5.87. The molecular weight excluding hydrogens is 334 g/mol. The second-order valence-corrected chi connectivity index (χ2v) is 8.31. The van der Waals surface area contributed by atoms with E-state index < -0.39 is 0 Å². The second kappa shape index (κ2) is 7.80. The van der Waals surface area contributed by atoms with E-state index in [1.54, 1.807) is 0 Å². The molecule has 0 radical (unpaired) electrons. The number of rotatable bonds is 5. The summed E-state index contributed by atoms with van der Waals surface area (Å²) in [7, 11) is 0. The highest BCUT2D eigenvalue weighted by atomic mass is 16.7. The third-order valence-corrected chi connectivity index (χ3v) is 4.92. The van der Waals surface area contributed by atoms with Crippen LogP contribution in [0.5, 0.6) is 0 Å². The van der Waals surface area contributed by atoms with Crippen LogP contribution in [0.4, 0.5) is 0 Å². The molecule has 3 fully saturated rings. The molecule has 3 aliphatic heterocycles. The smallest absolute Gasteiger partial charge is 0.217 e. The van der Waals surface area contributed by atoms with Gasteiger partial charge in [-0.3, -0.25) is 4.79 Å². The number of carbonyl (C=O) groups is 1. The Labute approximate surface area is 155 Å². The summed E-state index contributed by atoms with van der Waals surface area (Å²) in [5.74, 6) is -0.0620. The maximum Gasteiger partial charge on any atom is 0.217 e. The molecule has 2 atom stereocenters. The molecule has 3 saturated heterocycles. The monoisotopic (exact) mass is 365 g/mol. The summed E-state index contributed by atoms with van der Waals surface area (Å²) in [4.78, 5) is 11.0. The van der Waals surface area contributed by atoms with Gasteiger partial charge >= 0.3 is 0 Å². The van der Waals surface area contributed by atoms with Crippen LogP contribution in [0, 0.1) is 0 Å². The molecule has 2 unspecified atom stereocenters. The lowest BCUT2D eigenvalue weighted by Crippen LogP contribution is -2.46. The molecular formula is C20H31NO5. The molecule has 3 rings (SSSR count). The predicted molar refractivity (Wildman–Crippen MR) is 97.7 cm³/mol. The van der Waals surface area contributed by atoms with E-state index in [1.165, 1.54) is 6.92 Å². The fraction of sp³-hybridized carbons (Fsp3) is 0.750. The van der Waals surface area contributed by atoms with Gasteiger partial charge in [0.15, 0.2) is 6.29 Å². The Hall–Kier alpha value is -1.21. The first-order chi connectivity index (χ1) is 12.3. The standard InChI is InChI=1S/C20H31NO5/c1-14(6-8-18-23-10-16(11-24-18)21-15(2)22)5-7-17-9-20(13-25-20)12-19(3,4)26-17/h5-7,16-18H,8-13H2,1-4H3,(H,21,22). The summed E-state index contributed by atoms with van der Waals surface area (Å²) in [5.41, 5.74) is 1.05. The lowest BCUT2D eigenvalue weighted by atomic mass is 9.85. The Balaban J connectivity index is 1.44. The molecule has 1 N–H and O–H groups in total. The zero-order chi connectivity index (χ0) is 18.8. The van der Waals surface area contributed by atoms with Crippen LogP contribution in [0.15, 0.2) is 23.8 Å². The number of hydrogen-bond acceptors (Lipinski definition) is 5. The Morgan fingerprint density at radius 1 is 1.23 bits per heavy atom. The van der Waals surface area contributed by atoms with Gasteiger partial charge in [0.1, 0.15) is 0 Å². The molecule has 0 aromatic heterocycles. The first-order valence-corrected chi connectivity index (χ1v) is 9.42. The van der Waals surface area contributed by atoms with E-state index in [1.807, 2.05) is 0 Å². The van der Waals surface area contributed by atoms with Crippen molar-refractivity contribution >= 4 is 5.91 Å². The van der Waals surface area contributed by atoms with Gasteiger partial charge in [0.2, 0.25) is 5.91 Å². The topological polar surface area (TPSA) is 69.3 Å². The lowest BCUT2D eigenvalue weighted by Gasteiger charge is -2.38. The molecule has 1 amide bonds. The minimum atomic E-state index is -0.253. The summed E-state index contributed by atoms with van der Waals surface area (Å²) < 4.78 is 23.1. The molecule has 3 heterocycles. The van der Waals surface area contributed by atoms with Crippen LogP contribution in [-0.2, 0) is 23.7 Å². The average Bonchev–Trinajstić information content (AvgIpc) is 3.28. The Morgan fingerprint density at radius 2 is 1.92 bits per heavy atom. The molecule has 1 spiro atoms. The van der Waals surface area contributed by atoms with Crippen molar-refractivity contribution in [1.29, 1.82) is 0 Å². The number of allylic oxidation sites excluding steroid dienone is 2. The first-order valence-electron chi connectivity index (χ1n) is 9.42. The molecule has 0 aromatic carbocycles. The summed E-state index contributed by atoms with van der Waals surface area (Å²) >= 11 is 0. The van der Waals surface area contributed by atoms with Gasteiger partial charge in [-0.05, 0) is 20.8 Å². The summed E-state index contributed by atoms with van der Waals surface area (Å²) in [6.45, 7) is 9.65. The van der Waals surface area contributed by atoms with E-state index in [-0.39, 0.29) is 35.5 Å². The molecule has 26 heavy (non-hydrogen) atoms. The minimum absolute atomic E-state index is 0.0442. The van der Waals surface area contributed by atoms with Gasteiger partial charge in [0.25, 0.3) is 0 Å². The minimum Gasteiger partial charge on any atom is -0.369 e. The van der Waals surface area contributed by atoms with Gasteiger partial charge in [0.05, 0.1) is 43.2 Å². The number of amides is 1. The van der Waals surface area contributed by atoms with Gasteiger partial charge in [-0.1, -0.05) is 23.8 Å². The van der Waals surface area contributed by atoms with E-state index >= 15 is 0 Å². The van der Waals surface area contributed by atoms with Gasteiger partial charge in [-0.25, -0.2) is 0 Å². The van der Waals surface area contributed by atoms with Crippen molar-refractivity contribution in [2.75, 3.05) is 19.8 Å². The average molecular weight is 365 g/mol. The van der Waals surface area contributed by atoms with Crippen LogP contribution in [0.25, 0.3) is 0 Å². The maximum atomic E-state index is 11.0. The van der Waals surface area contributed by atoms with Crippen molar-refractivity contribution in [2.24, 2.45) is 0 Å². The van der Waals surface area contributed by atoms with Crippen LogP contribution in [-0.4, -0.2) is 55.4 Å². The van der Waals surface area contributed by atoms with Gasteiger partial charge in [-0.15, -0.1) is 0 Å². The van der Waals surface area contributed by atoms with Crippen LogP contribution < -0.4 is 5.32 Å². The Bertz CT molecular complexity index is 565. The molecule has 146 valence electrons. The van der Waals surface area contributed by atoms with Crippen LogP contribution in [0.1, 0.15) is 47.0 Å². The largest absolute Gasteiger partial charge is 0.369 e. The fourth-order valence-electron chi connectivity index (χ4n) is 3.80. The number of ether oxygens (including phenoxy) is 4. The molecule has 6 nitrogen and oxygen atoms in total. The van der Waals surface area contributed by atoms with Crippen LogP contribution in [0.2, 0.25) is 0 Å². The molecule has 3 aliphatic rings. The van der Waals surface area contributed by atoms with E-state index in [2.05, 4.69) is 44.3 Å². The van der Waals surface area contributed by atoms with Crippen molar-refractivity contribution < 1.29 is 23.7 Å². The highest BCUT2D eigenvalue weighted by Gasteiger charge is 2.53. The molecule has 0 saturated carbocycles. The van der Waals surface area contributed by atoms with Crippen molar-refractivity contribution in [1.82, 2.24) is 5.32 Å². The van der Waals surface area contributed by atoms with E-state index in [9.17, 15) is 4.79 Å². The molecule has 0 aromatic rings. The highest BCUT2D eigenvalue weighted by molar-refractivity contribution is 5.73. The number of carbonyl (C=O) groups excluding carboxylic acids is 1. The first kappa shape index (κ1) is 19.5. The van der Waals surface area contributed by atoms with Crippen molar-refractivity contribution in [2.45, 2.75) is 76.6 Å². The zero-order valence-electron chi connectivity index (χ0n) is 16.2. The van der Waals surface area contributed by atoms with E-state index in [4.69, 9.17) is 18.9 Å². The quantitative estimate of drug-likeness (QED) is 0.599. The van der Waals surface area contributed by atoms with Crippen molar-refractivity contribution in [3.05, 3.63) is 23.8 Å². The van der Waals surface area contributed by atoms with Gasteiger partial charge in [0, 0.05) is 26.2 Å². The van der Waals surface area contributed by atoms with Crippen LogP contribution in [0.3, 0.4) is 0 Å². The van der Waals surface area contributed by atoms with Crippen molar-refractivity contribution in [3.8, 4) is 0 Å². The summed E-state index contributed by atoms with van der Waals surface area (Å²) in [5, 5.41) is 2.80. The SMILES string of the molecule is CC(=O)NC1COC(CC=C(C)C=CC2CC3(CO3)CC(C)(C)O2)OC1. The third-order valence-electron chi connectivity index (χ3n) is 4.92. The summed E-state index contributed by atoms with van der Waals surface area (Å²) in [6.07, 6.45) is 8.76. The van der Waals surface area contributed by atoms with Gasteiger partial charge < -0.3 is 24.3 Å². The summed E-state index contributed by atoms with van der Waals surface area (Å²) in [6, 6.07) is -0.0579. The lowest BCUT2D eigenvalue weighted by molar-refractivity contribution is -0.188. The second-order valence-electron chi connectivity index (χ2n) is 8.31.